The Balaban J connectivity index is 2.33. The molecule has 0 saturated heterocycles. The van der Waals surface area contributed by atoms with E-state index in [2.05, 4.69) is 4.74 Å². The standard InChI is InChI=1S/C14H12N2O6/c17-7-10-5-11(8-22-9-18)15(6-10)14(19)12-3-1-2-4-13(12)16(20)21/h1-4,6-7,9,11H,5,8H2. The summed E-state index contributed by atoms with van der Waals surface area (Å²) in [5.41, 5.74) is -0.0612. The van der Waals surface area contributed by atoms with Crippen LogP contribution in [-0.4, -0.2) is 41.1 Å². The van der Waals surface area contributed by atoms with E-state index in [9.17, 15) is 24.5 Å². The highest BCUT2D eigenvalue weighted by Gasteiger charge is 2.33. The second-order valence-electron chi connectivity index (χ2n) is 4.60. The van der Waals surface area contributed by atoms with E-state index in [-0.39, 0.29) is 30.8 Å². The molecule has 22 heavy (non-hydrogen) atoms. The van der Waals surface area contributed by atoms with Crippen LogP contribution in [0.3, 0.4) is 0 Å². The van der Waals surface area contributed by atoms with Gasteiger partial charge in [-0.15, -0.1) is 0 Å². The molecule has 0 spiro atoms. The first kappa shape index (κ1) is 15.4. The smallest absolute Gasteiger partial charge is 0.293 e. The highest BCUT2D eigenvalue weighted by Crippen LogP contribution is 2.26. The van der Waals surface area contributed by atoms with Gasteiger partial charge in [-0.3, -0.25) is 24.5 Å². The molecule has 114 valence electrons. The second-order valence-corrected chi connectivity index (χ2v) is 4.60. The molecule has 1 heterocycles. The van der Waals surface area contributed by atoms with E-state index in [1.165, 1.54) is 35.4 Å². The van der Waals surface area contributed by atoms with Gasteiger partial charge in [-0.25, -0.2) is 0 Å². The van der Waals surface area contributed by atoms with Crippen molar-refractivity contribution in [3.05, 3.63) is 51.7 Å². The number of benzene rings is 1. The Labute approximate surface area is 125 Å². The maximum Gasteiger partial charge on any atom is 0.293 e. The van der Waals surface area contributed by atoms with Crippen LogP contribution >= 0.6 is 0 Å². The summed E-state index contributed by atoms with van der Waals surface area (Å²) >= 11 is 0. The first-order chi connectivity index (χ1) is 10.6. The molecule has 0 aliphatic carbocycles. The Morgan fingerprint density at radius 1 is 1.41 bits per heavy atom. The molecule has 1 aromatic carbocycles. The van der Waals surface area contributed by atoms with Crippen molar-refractivity contribution in [2.24, 2.45) is 0 Å². The lowest BCUT2D eigenvalue weighted by atomic mass is 10.1. The minimum Gasteiger partial charge on any atom is -0.466 e. The summed E-state index contributed by atoms with van der Waals surface area (Å²) in [6.07, 6.45) is 2.15. The van der Waals surface area contributed by atoms with E-state index >= 15 is 0 Å². The monoisotopic (exact) mass is 304 g/mol. The number of rotatable bonds is 6. The zero-order valence-corrected chi connectivity index (χ0v) is 11.4. The van der Waals surface area contributed by atoms with Gasteiger partial charge in [0.2, 0.25) is 0 Å². The molecule has 0 fully saturated rings. The molecular weight excluding hydrogens is 292 g/mol. The second kappa shape index (κ2) is 6.61. The average Bonchev–Trinajstić information content (AvgIpc) is 2.95. The lowest BCUT2D eigenvalue weighted by Crippen LogP contribution is -2.36. The molecule has 1 amide bonds. The molecular formula is C14H12N2O6. The fourth-order valence-electron chi connectivity index (χ4n) is 2.25. The normalized spacial score (nSPS) is 16.8. The van der Waals surface area contributed by atoms with Crippen molar-refractivity contribution in [1.29, 1.82) is 0 Å². The molecule has 0 N–H and O–H groups in total. The van der Waals surface area contributed by atoms with Crippen LogP contribution in [0.15, 0.2) is 36.0 Å². The van der Waals surface area contributed by atoms with Crippen LogP contribution in [0.2, 0.25) is 0 Å². The number of aldehydes is 1. The van der Waals surface area contributed by atoms with E-state index in [1.807, 2.05) is 0 Å². The van der Waals surface area contributed by atoms with Crippen molar-refractivity contribution in [3.8, 4) is 0 Å². The van der Waals surface area contributed by atoms with Crippen molar-refractivity contribution in [1.82, 2.24) is 4.90 Å². The number of hydrogen-bond donors (Lipinski definition) is 0. The fraction of sp³-hybridized carbons (Fsp3) is 0.214. The molecule has 8 nitrogen and oxygen atoms in total. The van der Waals surface area contributed by atoms with E-state index < -0.39 is 16.9 Å². The van der Waals surface area contributed by atoms with Crippen molar-refractivity contribution in [2.45, 2.75) is 12.5 Å². The Kier molecular flexibility index (Phi) is 4.62. The molecule has 0 aromatic heterocycles. The largest absolute Gasteiger partial charge is 0.466 e. The summed E-state index contributed by atoms with van der Waals surface area (Å²) in [5.74, 6) is -0.622. The molecule has 0 saturated carbocycles. The molecule has 1 aliphatic rings. The summed E-state index contributed by atoms with van der Waals surface area (Å²) < 4.78 is 4.65. The molecule has 2 rings (SSSR count). The summed E-state index contributed by atoms with van der Waals surface area (Å²) in [7, 11) is 0. The number of nitro groups is 1. The lowest BCUT2D eigenvalue weighted by Gasteiger charge is -2.22. The van der Waals surface area contributed by atoms with Crippen LogP contribution in [-0.2, 0) is 14.3 Å². The Morgan fingerprint density at radius 3 is 2.77 bits per heavy atom. The van der Waals surface area contributed by atoms with Gasteiger partial charge >= 0.3 is 0 Å². The summed E-state index contributed by atoms with van der Waals surface area (Å²) in [6.45, 7) is 0.149. The van der Waals surface area contributed by atoms with E-state index in [1.54, 1.807) is 0 Å². The predicted octanol–water partition coefficient (Wildman–Crippen LogP) is 1.07. The minimum absolute atomic E-state index is 0.0907. The molecule has 1 aromatic rings. The van der Waals surface area contributed by atoms with Gasteiger partial charge in [0.25, 0.3) is 18.1 Å². The molecule has 1 unspecified atom stereocenters. The van der Waals surface area contributed by atoms with Gasteiger partial charge in [-0.2, -0.15) is 0 Å². The van der Waals surface area contributed by atoms with Crippen molar-refractivity contribution in [3.63, 3.8) is 0 Å². The van der Waals surface area contributed by atoms with Gasteiger partial charge in [0.15, 0.2) is 0 Å². The highest BCUT2D eigenvalue weighted by molar-refractivity contribution is 5.99. The Morgan fingerprint density at radius 2 is 2.14 bits per heavy atom. The first-order valence-corrected chi connectivity index (χ1v) is 6.35. The van der Waals surface area contributed by atoms with Gasteiger partial charge in [-0.05, 0) is 6.07 Å². The lowest BCUT2D eigenvalue weighted by molar-refractivity contribution is -0.385. The van der Waals surface area contributed by atoms with E-state index in [0.29, 0.717) is 11.9 Å². The fourth-order valence-corrected chi connectivity index (χ4v) is 2.25. The van der Waals surface area contributed by atoms with E-state index in [4.69, 9.17) is 0 Å². The third-order valence-electron chi connectivity index (χ3n) is 3.24. The van der Waals surface area contributed by atoms with Crippen LogP contribution in [0.4, 0.5) is 5.69 Å². The Hall–Kier alpha value is -3.03. The highest BCUT2D eigenvalue weighted by atomic mass is 16.6. The molecule has 0 bridgehead atoms. The van der Waals surface area contributed by atoms with Crippen LogP contribution in [0, 0.1) is 10.1 Å². The summed E-state index contributed by atoms with van der Waals surface area (Å²) in [5, 5.41) is 11.0. The van der Waals surface area contributed by atoms with Crippen LogP contribution in [0.5, 0.6) is 0 Å². The third-order valence-corrected chi connectivity index (χ3v) is 3.24. The van der Waals surface area contributed by atoms with Gasteiger partial charge in [0.05, 0.1) is 11.0 Å². The molecule has 1 aliphatic heterocycles. The number of hydrogen-bond acceptors (Lipinski definition) is 6. The third kappa shape index (κ3) is 3.00. The zero-order valence-electron chi connectivity index (χ0n) is 11.4. The van der Waals surface area contributed by atoms with Crippen LogP contribution < -0.4 is 0 Å². The molecule has 1 atom stereocenters. The maximum atomic E-state index is 12.5. The van der Waals surface area contributed by atoms with Crippen molar-refractivity contribution in [2.75, 3.05) is 6.61 Å². The topological polar surface area (TPSA) is 107 Å². The van der Waals surface area contributed by atoms with Gasteiger partial charge < -0.3 is 9.64 Å². The number of nitrogens with zero attached hydrogens (tertiary/aromatic N) is 2. The number of carbonyl (C=O) groups excluding carboxylic acids is 3. The maximum absolute atomic E-state index is 12.5. The molecule has 0 radical (unpaired) electrons. The average molecular weight is 304 g/mol. The predicted molar refractivity (Wildman–Crippen MR) is 73.8 cm³/mol. The van der Waals surface area contributed by atoms with Crippen LogP contribution in [0.25, 0.3) is 0 Å². The van der Waals surface area contributed by atoms with Gasteiger partial charge in [-0.1, -0.05) is 12.1 Å². The number of nitro benzene ring substituents is 1. The van der Waals surface area contributed by atoms with Gasteiger partial charge in [0, 0.05) is 24.3 Å². The minimum atomic E-state index is -0.648. The molecule has 8 heteroatoms. The van der Waals surface area contributed by atoms with E-state index in [0.717, 1.165) is 0 Å². The van der Waals surface area contributed by atoms with Crippen molar-refractivity contribution < 1.29 is 24.0 Å². The summed E-state index contributed by atoms with van der Waals surface area (Å²) in [6, 6.07) is 4.98. The number of amides is 1. The zero-order chi connectivity index (χ0) is 16.1. The summed E-state index contributed by atoms with van der Waals surface area (Å²) in [4.78, 5) is 45.3. The van der Waals surface area contributed by atoms with Gasteiger partial charge in [0.1, 0.15) is 18.5 Å². The Bertz CT molecular complexity index is 654. The quantitative estimate of drug-likeness (QED) is 0.442. The van der Waals surface area contributed by atoms with Crippen molar-refractivity contribution >= 4 is 24.4 Å². The number of para-hydroxylation sites is 1. The SMILES string of the molecule is O=COCC1CC(C=O)=CN1C(=O)c1ccccc1[N+](=O)[O-]. The number of ether oxygens (including phenoxy) is 1. The van der Waals surface area contributed by atoms with Crippen LogP contribution in [0.1, 0.15) is 16.8 Å². The number of carbonyl (C=O) groups is 3. The first-order valence-electron chi connectivity index (χ1n) is 6.35.